The van der Waals surface area contributed by atoms with E-state index < -0.39 is 0 Å². The van der Waals surface area contributed by atoms with E-state index >= 15 is 0 Å². The van der Waals surface area contributed by atoms with Crippen LogP contribution in [0.2, 0.25) is 0 Å². The van der Waals surface area contributed by atoms with E-state index in [1.165, 1.54) is 4.90 Å². The van der Waals surface area contributed by atoms with Crippen molar-refractivity contribution < 1.29 is 9.59 Å². The van der Waals surface area contributed by atoms with E-state index in [0.717, 1.165) is 21.3 Å². The first-order valence-electron chi connectivity index (χ1n) is 9.12. The van der Waals surface area contributed by atoms with Crippen molar-refractivity contribution in [1.29, 1.82) is 0 Å². The van der Waals surface area contributed by atoms with Gasteiger partial charge in [-0.1, -0.05) is 51.8 Å². The summed E-state index contributed by atoms with van der Waals surface area (Å²) in [5.41, 5.74) is 4.03. The lowest BCUT2D eigenvalue weighted by Gasteiger charge is -2.15. The van der Waals surface area contributed by atoms with Gasteiger partial charge in [-0.15, -0.1) is 0 Å². The molecule has 0 saturated carbocycles. The van der Waals surface area contributed by atoms with E-state index in [4.69, 9.17) is 0 Å². The molecule has 0 saturated heterocycles. The number of nitrogens with zero attached hydrogens (tertiary/aromatic N) is 2. The predicted octanol–water partition coefficient (Wildman–Crippen LogP) is 4.54. The molecule has 1 aromatic heterocycles. The van der Waals surface area contributed by atoms with Gasteiger partial charge in [0, 0.05) is 22.6 Å². The molecule has 144 valence electrons. The van der Waals surface area contributed by atoms with Crippen LogP contribution < -0.4 is 5.32 Å². The van der Waals surface area contributed by atoms with Gasteiger partial charge < -0.3 is 5.32 Å². The van der Waals surface area contributed by atoms with Crippen LogP contribution in [0, 0.1) is 6.92 Å². The van der Waals surface area contributed by atoms with Gasteiger partial charge >= 0.3 is 0 Å². The maximum absolute atomic E-state index is 13.3. The van der Waals surface area contributed by atoms with E-state index in [1.54, 1.807) is 24.5 Å². The third kappa shape index (κ3) is 3.98. The highest BCUT2D eigenvalue weighted by atomic mass is 79.9. The van der Waals surface area contributed by atoms with Gasteiger partial charge in [-0.25, -0.2) is 0 Å². The summed E-state index contributed by atoms with van der Waals surface area (Å²) in [6.45, 7) is 2.18. The molecule has 2 heterocycles. The maximum atomic E-state index is 13.3. The molecule has 3 aromatic rings. The van der Waals surface area contributed by atoms with Gasteiger partial charge in [-0.2, -0.15) is 0 Å². The van der Waals surface area contributed by atoms with Crippen LogP contribution in [0.5, 0.6) is 0 Å². The van der Waals surface area contributed by atoms with Crippen LogP contribution in [-0.2, 0) is 16.1 Å². The maximum Gasteiger partial charge on any atom is 0.278 e. The van der Waals surface area contributed by atoms with Crippen molar-refractivity contribution >= 4 is 39.0 Å². The Morgan fingerprint density at radius 2 is 1.69 bits per heavy atom. The molecule has 0 atom stereocenters. The summed E-state index contributed by atoms with van der Waals surface area (Å²) >= 11 is 3.44. The highest BCUT2D eigenvalue weighted by Crippen LogP contribution is 2.32. The zero-order valence-electron chi connectivity index (χ0n) is 15.7. The number of halogens is 1. The molecule has 0 spiro atoms. The monoisotopic (exact) mass is 447 g/mol. The number of benzene rings is 2. The number of pyridine rings is 1. The summed E-state index contributed by atoms with van der Waals surface area (Å²) in [5, 5.41) is 3.17. The Labute approximate surface area is 177 Å². The molecular weight excluding hydrogens is 430 g/mol. The van der Waals surface area contributed by atoms with Gasteiger partial charge in [0.05, 0.1) is 12.1 Å². The van der Waals surface area contributed by atoms with Crippen molar-refractivity contribution in [1.82, 2.24) is 9.88 Å². The molecule has 1 N–H and O–H groups in total. The van der Waals surface area contributed by atoms with Crippen molar-refractivity contribution in [2.75, 3.05) is 5.32 Å². The van der Waals surface area contributed by atoms with Crippen LogP contribution in [-0.4, -0.2) is 21.7 Å². The molecule has 6 heteroatoms. The van der Waals surface area contributed by atoms with Crippen molar-refractivity contribution in [2.45, 2.75) is 13.5 Å². The molecule has 4 rings (SSSR count). The highest BCUT2D eigenvalue weighted by Gasteiger charge is 2.39. The number of aryl methyl sites for hydroxylation is 1. The standard InChI is InChI=1S/C23H18BrN3O2/c1-15-5-7-17(8-6-15)20-21(26-19-4-2-3-18(24)13-19)23(29)27(22(20)28)14-16-9-11-25-12-10-16/h2-13,26H,14H2,1H3. The second-order valence-electron chi connectivity index (χ2n) is 6.80. The lowest BCUT2D eigenvalue weighted by molar-refractivity contribution is -0.137. The number of aromatic nitrogens is 1. The van der Waals surface area contributed by atoms with Gasteiger partial charge in [0.1, 0.15) is 5.70 Å². The Morgan fingerprint density at radius 1 is 0.966 bits per heavy atom. The molecule has 0 fully saturated rings. The molecular formula is C23H18BrN3O2. The minimum Gasteiger partial charge on any atom is -0.350 e. The number of rotatable bonds is 5. The van der Waals surface area contributed by atoms with E-state index in [2.05, 4.69) is 26.2 Å². The molecule has 29 heavy (non-hydrogen) atoms. The molecule has 2 aromatic carbocycles. The van der Waals surface area contributed by atoms with Gasteiger partial charge in [0.15, 0.2) is 0 Å². The van der Waals surface area contributed by atoms with Crippen molar-refractivity contribution in [2.24, 2.45) is 0 Å². The Morgan fingerprint density at radius 3 is 2.38 bits per heavy atom. The molecule has 2 amide bonds. The average molecular weight is 448 g/mol. The van der Waals surface area contributed by atoms with Gasteiger partial charge in [-0.05, 0) is 48.4 Å². The van der Waals surface area contributed by atoms with Crippen LogP contribution in [0.3, 0.4) is 0 Å². The number of anilines is 1. The number of imide groups is 1. The number of amides is 2. The van der Waals surface area contributed by atoms with Crippen molar-refractivity contribution in [3.63, 3.8) is 0 Å². The van der Waals surface area contributed by atoms with E-state index in [-0.39, 0.29) is 24.1 Å². The molecule has 0 aliphatic carbocycles. The van der Waals surface area contributed by atoms with Crippen molar-refractivity contribution in [3.05, 3.63) is 99.9 Å². The van der Waals surface area contributed by atoms with Crippen molar-refractivity contribution in [3.8, 4) is 0 Å². The summed E-state index contributed by atoms with van der Waals surface area (Å²) in [4.78, 5) is 31.7. The average Bonchev–Trinajstić information content (AvgIpc) is 2.94. The Hall–Kier alpha value is -3.25. The van der Waals surface area contributed by atoms with E-state index in [0.29, 0.717) is 11.1 Å². The highest BCUT2D eigenvalue weighted by molar-refractivity contribution is 9.10. The number of carbonyl (C=O) groups is 2. The minimum atomic E-state index is -0.345. The zero-order chi connectivity index (χ0) is 20.4. The predicted molar refractivity (Wildman–Crippen MR) is 116 cm³/mol. The van der Waals surface area contributed by atoms with Crippen LogP contribution in [0.1, 0.15) is 16.7 Å². The zero-order valence-corrected chi connectivity index (χ0v) is 17.3. The molecule has 0 radical (unpaired) electrons. The summed E-state index contributed by atoms with van der Waals surface area (Å²) in [6.07, 6.45) is 3.30. The van der Waals surface area contributed by atoms with Crippen LogP contribution in [0.25, 0.3) is 5.57 Å². The quantitative estimate of drug-likeness (QED) is 0.582. The number of nitrogens with one attached hydrogen (secondary N) is 1. The summed E-state index contributed by atoms with van der Waals surface area (Å²) < 4.78 is 0.880. The smallest absolute Gasteiger partial charge is 0.278 e. The fraction of sp³-hybridized carbons (Fsp3) is 0.0870. The third-order valence-electron chi connectivity index (χ3n) is 4.69. The van der Waals surface area contributed by atoms with E-state index in [9.17, 15) is 9.59 Å². The first kappa shape index (κ1) is 19.1. The topological polar surface area (TPSA) is 62.3 Å². The summed E-state index contributed by atoms with van der Waals surface area (Å²) in [5.74, 6) is -0.657. The second kappa shape index (κ2) is 8.01. The first-order chi connectivity index (χ1) is 14.0. The number of carbonyl (C=O) groups excluding carboxylic acids is 2. The normalized spacial score (nSPS) is 13.9. The molecule has 1 aliphatic heterocycles. The SMILES string of the molecule is Cc1ccc(C2=C(Nc3cccc(Br)c3)C(=O)N(Cc3ccncc3)C2=O)cc1. The van der Waals surface area contributed by atoms with E-state index in [1.807, 2.05) is 55.5 Å². The minimum absolute atomic E-state index is 0.194. The van der Waals surface area contributed by atoms with Gasteiger partial charge in [0.25, 0.3) is 11.8 Å². The lowest BCUT2D eigenvalue weighted by atomic mass is 10.0. The van der Waals surface area contributed by atoms with Gasteiger partial charge in [0.2, 0.25) is 0 Å². The third-order valence-corrected chi connectivity index (χ3v) is 5.19. The Bertz CT molecular complexity index is 1110. The number of hydrogen-bond donors (Lipinski definition) is 1. The van der Waals surface area contributed by atoms with Gasteiger partial charge in [-0.3, -0.25) is 19.5 Å². The molecule has 5 nitrogen and oxygen atoms in total. The molecule has 1 aliphatic rings. The Kier molecular flexibility index (Phi) is 5.27. The second-order valence-corrected chi connectivity index (χ2v) is 7.72. The lowest BCUT2D eigenvalue weighted by Crippen LogP contribution is -2.32. The van der Waals surface area contributed by atoms with Crippen LogP contribution >= 0.6 is 15.9 Å². The molecule has 0 bridgehead atoms. The summed E-state index contributed by atoms with van der Waals surface area (Å²) in [6, 6.07) is 18.7. The van der Waals surface area contributed by atoms with Crippen LogP contribution in [0.15, 0.2) is 83.2 Å². The Balaban J connectivity index is 1.75. The fourth-order valence-corrected chi connectivity index (χ4v) is 3.60. The first-order valence-corrected chi connectivity index (χ1v) is 9.91. The fourth-order valence-electron chi connectivity index (χ4n) is 3.20. The summed E-state index contributed by atoms with van der Waals surface area (Å²) in [7, 11) is 0. The largest absolute Gasteiger partial charge is 0.350 e. The van der Waals surface area contributed by atoms with Crippen LogP contribution in [0.4, 0.5) is 5.69 Å². The number of hydrogen-bond acceptors (Lipinski definition) is 4. The molecule has 0 unspecified atom stereocenters.